The van der Waals surface area contributed by atoms with E-state index in [2.05, 4.69) is 10.9 Å². The Morgan fingerprint density at radius 3 is 1.82 bits per heavy atom. The Balaban J connectivity index is 1.53. The zero-order chi connectivity index (χ0) is 34.2. The van der Waals surface area contributed by atoms with E-state index >= 15 is 13.2 Å². The second kappa shape index (κ2) is 10.8. The minimum absolute atomic E-state index is 0.163. The number of rotatable bonds is 3. The summed E-state index contributed by atoms with van der Waals surface area (Å²) >= 11 is 0. The molecule has 0 radical (unpaired) electrons. The molecule has 0 spiro atoms. The number of para-hydroxylation sites is 3. The molecule has 0 aliphatic carbocycles. The van der Waals surface area contributed by atoms with Gasteiger partial charge in [0.2, 0.25) is 0 Å². The van der Waals surface area contributed by atoms with Crippen LogP contribution in [0.4, 0.5) is 32.0 Å². The van der Waals surface area contributed by atoms with Crippen molar-refractivity contribution in [2.24, 2.45) is 0 Å². The minimum Gasteiger partial charge on any atom is -0.309 e. The van der Waals surface area contributed by atoms with Crippen molar-refractivity contribution in [1.29, 1.82) is 0 Å². The Bertz CT molecular complexity index is 2670. The van der Waals surface area contributed by atoms with Gasteiger partial charge < -0.3 is 9.13 Å². The van der Waals surface area contributed by atoms with Crippen LogP contribution in [0.5, 0.6) is 0 Å². The highest BCUT2D eigenvalue weighted by Gasteiger charge is 2.37. The number of benzene rings is 6. The van der Waals surface area contributed by atoms with E-state index in [1.54, 1.807) is 48.5 Å². The van der Waals surface area contributed by atoms with Gasteiger partial charge in [0.25, 0.3) is 0 Å². The van der Waals surface area contributed by atoms with Crippen LogP contribution in [0.1, 0.15) is 16.7 Å². The maximum atomic E-state index is 15.1. The number of aromatic nitrogens is 2. The predicted octanol–water partition coefficient (Wildman–Crippen LogP) is 12.4. The number of fused-ring (bicyclic) bond motifs is 6. The smallest absolute Gasteiger partial charge is 0.309 e. The van der Waals surface area contributed by atoms with Gasteiger partial charge in [0.15, 0.2) is 5.69 Å². The summed E-state index contributed by atoms with van der Waals surface area (Å²) in [7, 11) is 0. The van der Waals surface area contributed by atoms with E-state index < -0.39 is 23.5 Å². The molecule has 3 nitrogen and oxygen atoms in total. The lowest BCUT2D eigenvalue weighted by Crippen LogP contribution is -2.12. The summed E-state index contributed by atoms with van der Waals surface area (Å²) < 4.78 is 90.3. The molecule has 0 N–H and O–H groups in total. The maximum Gasteiger partial charge on any atom is 0.418 e. The molecular formula is C40H23F6N3. The number of nitrogens with zero attached hydrogens (tertiary/aromatic N) is 3. The molecule has 2 aromatic heterocycles. The third-order valence-corrected chi connectivity index (χ3v) is 9.03. The summed E-state index contributed by atoms with van der Waals surface area (Å²) in [6, 6.07) is 32.1. The summed E-state index contributed by atoms with van der Waals surface area (Å²) in [5, 5.41) is 2.46. The maximum absolute atomic E-state index is 15.1. The second-order valence-corrected chi connectivity index (χ2v) is 12.0. The summed E-state index contributed by atoms with van der Waals surface area (Å²) in [6.07, 6.45) is -9.49. The van der Waals surface area contributed by atoms with Gasteiger partial charge in [-0.1, -0.05) is 66.2 Å². The van der Waals surface area contributed by atoms with E-state index in [1.165, 1.54) is 16.7 Å². The van der Waals surface area contributed by atoms with E-state index in [0.717, 1.165) is 45.6 Å². The SMILES string of the molecule is [C-]#[N+]c1ccc(-n2c3ccccc3c3cc(C)ccc32)c(-c2cccc(C(F)(F)F)c2-n2c3ccccc3c3cc(C(F)(F)F)ccc32)c1. The Hall–Kier alpha value is -6.01. The fourth-order valence-electron chi connectivity index (χ4n) is 6.97. The van der Waals surface area contributed by atoms with Crippen molar-refractivity contribution < 1.29 is 26.3 Å². The van der Waals surface area contributed by atoms with Gasteiger partial charge in [-0.05, 0) is 73.2 Å². The van der Waals surface area contributed by atoms with Crippen molar-refractivity contribution in [1.82, 2.24) is 9.13 Å². The number of alkyl halides is 6. The summed E-state index contributed by atoms with van der Waals surface area (Å²) in [4.78, 5) is 3.62. The molecule has 0 bridgehead atoms. The van der Waals surface area contributed by atoms with Gasteiger partial charge in [-0.3, -0.25) is 0 Å². The van der Waals surface area contributed by atoms with Crippen LogP contribution < -0.4 is 0 Å². The molecular weight excluding hydrogens is 636 g/mol. The summed E-state index contributed by atoms with van der Waals surface area (Å²) in [6.45, 7) is 9.78. The third-order valence-electron chi connectivity index (χ3n) is 9.03. The molecule has 9 heteroatoms. The molecule has 8 rings (SSSR count). The minimum atomic E-state index is -4.84. The van der Waals surface area contributed by atoms with Crippen LogP contribution >= 0.6 is 0 Å². The molecule has 0 amide bonds. The summed E-state index contributed by atoms with van der Waals surface area (Å²) in [5.74, 6) is 0. The quantitative estimate of drug-likeness (QED) is 0.132. The molecule has 2 heterocycles. The van der Waals surface area contributed by atoms with Gasteiger partial charge in [-0.25, -0.2) is 4.85 Å². The van der Waals surface area contributed by atoms with Crippen molar-refractivity contribution in [2.45, 2.75) is 19.3 Å². The zero-order valence-corrected chi connectivity index (χ0v) is 25.7. The molecule has 6 aromatic carbocycles. The Morgan fingerprint density at radius 1 is 0.531 bits per heavy atom. The number of hydrogen-bond acceptors (Lipinski definition) is 0. The van der Waals surface area contributed by atoms with E-state index in [4.69, 9.17) is 6.57 Å². The van der Waals surface area contributed by atoms with Gasteiger partial charge in [0.05, 0.1) is 51.1 Å². The van der Waals surface area contributed by atoms with Crippen LogP contribution in [0, 0.1) is 13.5 Å². The van der Waals surface area contributed by atoms with Crippen LogP contribution in [0.2, 0.25) is 0 Å². The second-order valence-electron chi connectivity index (χ2n) is 12.0. The van der Waals surface area contributed by atoms with E-state index in [1.807, 2.05) is 47.9 Å². The fraction of sp³-hybridized carbons (Fsp3) is 0.0750. The van der Waals surface area contributed by atoms with Crippen LogP contribution in [0.15, 0.2) is 121 Å². The van der Waals surface area contributed by atoms with E-state index in [0.29, 0.717) is 22.2 Å². The van der Waals surface area contributed by atoms with Gasteiger partial charge >= 0.3 is 12.4 Å². The van der Waals surface area contributed by atoms with E-state index in [9.17, 15) is 13.2 Å². The van der Waals surface area contributed by atoms with E-state index in [-0.39, 0.29) is 27.8 Å². The third kappa shape index (κ3) is 4.74. The Kier molecular flexibility index (Phi) is 6.66. The average molecular weight is 660 g/mol. The number of halogens is 6. The normalized spacial score (nSPS) is 12.4. The highest BCUT2D eigenvalue weighted by atomic mass is 19.4. The van der Waals surface area contributed by atoms with Crippen molar-refractivity contribution in [3.63, 3.8) is 0 Å². The van der Waals surface area contributed by atoms with Gasteiger partial charge in [0.1, 0.15) is 0 Å². The molecule has 0 atom stereocenters. The lowest BCUT2D eigenvalue weighted by atomic mass is 9.96. The molecule has 0 aliphatic rings. The standard InChI is InChI=1S/C40H23F6N3/c1-23-14-17-35-29(20-23)26-8-3-5-12-33(26)48(35)36-19-16-25(47-2)22-31(36)28-10-7-11-32(40(44,45)46)38(28)49-34-13-6-4-9-27(34)30-21-24(39(41,42)43)15-18-37(30)49/h3-22H,1H3. The van der Waals surface area contributed by atoms with Crippen LogP contribution in [-0.2, 0) is 12.4 Å². The summed E-state index contributed by atoms with van der Waals surface area (Å²) in [5.41, 5.74) is 2.35. The van der Waals surface area contributed by atoms with Crippen LogP contribution in [0.3, 0.4) is 0 Å². The molecule has 49 heavy (non-hydrogen) atoms. The highest BCUT2D eigenvalue weighted by Crippen LogP contribution is 2.46. The molecule has 0 saturated carbocycles. The monoisotopic (exact) mass is 659 g/mol. The highest BCUT2D eigenvalue weighted by molar-refractivity contribution is 6.12. The number of hydrogen-bond donors (Lipinski definition) is 0. The average Bonchev–Trinajstić information content (AvgIpc) is 3.59. The lowest BCUT2D eigenvalue weighted by Gasteiger charge is -2.22. The molecule has 0 fully saturated rings. The lowest BCUT2D eigenvalue weighted by molar-refractivity contribution is -0.138. The fourth-order valence-corrected chi connectivity index (χ4v) is 6.97. The molecule has 8 aromatic rings. The first kappa shape index (κ1) is 30.3. The van der Waals surface area contributed by atoms with Crippen LogP contribution in [0.25, 0.3) is 71.0 Å². The Labute approximate surface area is 275 Å². The van der Waals surface area contributed by atoms with Crippen molar-refractivity contribution >= 4 is 49.3 Å². The van der Waals surface area contributed by atoms with Crippen molar-refractivity contribution in [3.05, 3.63) is 149 Å². The first-order valence-corrected chi connectivity index (χ1v) is 15.3. The molecule has 0 unspecified atom stereocenters. The molecule has 240 valence electrons. The molecule has 0 saturated heterocycles. The van der Waals surface area contributed by atoms with Crippen molar-refractivity contribution in [3.8, 4) is 22.5 Å². The van der Waals surface area contributed by atoms with Gasteiger partial charge in [-0.15, -0.1) is 0 Å². The van der Waals surface area contributed by atoms with Gasteiger partial charge in [-0.2, -0.15) is 26.3 Å². The zero-order valence-electron chi connectivity index (χ0n) is 25.7. The van der Waals surface area contributed by atoms with Crippen molar-refractivity contribution in [2.75, 3.05) is 0 Å². The number of aryl methyl sites for hydroxylation is 1. The first-order valence-electron chi connectivity index (χ1n) is 15.3. The first-order chi connectivity index (χ1) is 23.5. The Morgan fingerprint density at radius 2 is 1.14 bits per heavy atom. The van der Waals surface area contributed by atoms with Gasteiger partial charge in [0, 0.05) is 27.1 Å². The molecule has 0 aliphatic heterocycles. The predicted molar refractivity (Wildman–Crippen MR) is 182 cm³/mol. The van der Waals surface area contributed by atoms with Crippen LogP contribution in [-0.4, -0.2) is 9.13 Å². The topological polar surface area (TPSA) is 14.2 Å². The largest absolute Gasteiger partial charge is 0.418 e.